The molecule has 5 rings (SSSR count). The predicted molar refractivity (Wildman–Crippen MR) is 108 cm³/mol. The largest absolute Gasteiger partial charge is 0.486 e. The third-order valence-electron chi connectivity index (χ3n) is 6.65. The van der Waals surface area contributed by atoms with E-state index in [4.69, 9.17) is 13.9 Å². The first-order valence-corrected chi connectivity index (χ1v) is 10.7. The average Bonchev–Trinajstić information content (AvgIpc) is 2.91. The quantitative estimate of drug-likeness (QED) is 0.719. The van der Waals surface area contributed by atoms with E-state index >= 15 is 0 Å². The number of furan rings is 1. The Bertz CT molecular complexity index is 961. The third kappa shape index (κ3) is 3.14. The molecule has 154 valence electrons. The van der Waals surface area contributed by atoms with Gasteiger partial charge in [0.15, 0.2) is 11.5 Å². The normalized spacial score (nSPS) is 21.7. The number of amides is 1. The van der Waals surface area contributed by atoms with Crippen LogP contribution in [0.5, 0.6) is 5.75 Å². The van der Waals surface area contributed by atoms with Gasteiger partial charge in [-0.25, -0.2) is 0 Å². The number of nitrogens with zero attached hydrogens (tertiary/aromatic N) is 1. The second-order valence-electron chi connectivity index (χ2n) is 8.57. The van der Waals surface area contributed by atoms with E-state index in [-0.39, 0.29) is 17.3 Å². The number of ketones is 1. The minimum absolute atomic E-state index is 0.105. The number of ether oxygens (including phenoxy) is 2. The highest BCUT2D eigenvalue weighted by Crippen LogP contribution is 2.45. The molecule has 1 aromatic carbocycles. The zero-order chi connectivity index (χ0) is 20.0. The third-order valence-corrected chi connectivity index (χ3v) is 6.65. The Morgan fingerprint density at radius 3 is 2.52 bits per heavy atom. The van der Waals surface area contributed by atoms with Crippen LogP contribution in [0, 0.1) is 6.92 Å². The van der Waals surface area contributed by atoms with Crippen molar-refractivity contribution in [2.24, 2.45) is 0 Å². The fraction of sp³-hybridized carbons (Fsp3) is 0.565. The molecule has 0 unspecified atom stereocenters. The minimum Gasteiger partial charge on any atom is -0.486 e. The Balaban J connectivity index is 1.55. The molecule has 0 radical (unpaired) electrons. The average molecular weight is 397 g/mol. The monoisotopic (exact) mass is 397 g/mol. The molecule has 1 aromatic heterocycles. The van der Waals surface area contributed by atoms with Crippen LogP contribution >= 0.6 is 0 Å². The second kappa shape index (κ2) is 7.17. The number of hydrogen-bond acceptors (Lipinski definition) is 5. The highest BCUT2D eigenvalue weighted by Gasteiger charge is 2.42. The number of carbonyl (C=O) groups excluding carboxylic acids is 2. The minimum atomic E-state index is -0.363. The van der Waals surface area contributed by atoms with Gasteiger partial charge in [-0.3, -0.25) is 9.59 Å². The molecule has 1 saturated heterocycles. The maximum atomic E-state index is 13.3. The Hall–Kier alpha value is -2.34. The number of benzene rings is 1. The van der Waals surface area contributed by atoms with Crippen LogP contribution in [0.3, 0.4) is 0 Å². The van der Waals surface area contributed by atoms with Crippen LogP contribution < -0.4 is 4.74 Å². The van der Waals surface area contributed by atoms with Gasteiger partial charge in [0.25, 0.3) is 5.91 Å². The zero-order valence-corrected chi connectivity index (χ0v) is 16.9. The van der Waals surface area contributed by atoms with Gasteiger partial charge >= 0.3 is 0 Å². The van der Waals surface area contributed by atoms with Crippen molar-refractivity contribution in [3.8, 4) is 5.75 Å². The summed E-state index contributed by atoms with van der Waals surface area (Å²) in [5.41, 5.74) is 1.52. The van der Waals surface area contributed by atoms with E-state index < -0.39 is 0 Å². The van der Waals surface area contributed by atoms with Gasteiger partial charge in [-0.05, 0) is 44.7 Å². The maximum Gasteiger partial charge on any atom is 0.290 e. The van der Waals surface area contributed by atoms with Crippen molar-refractivity contribution in [3.63, 3.8) is 0 Å². The molecule has 1 spiro atoms. The first-order chi connectivity index (χ1) is 14.1. The summed E-state index contributed by atoms with van der Waals surface area (Å²) in [6.45, 7) is 4.04. The van der Waals surface area contributed by atoms with Crippen molar-refractivity contribution in [2.75, 3.05) is 26.3 Å². The van der Waals surface area contributed by atoms with Crippen LogP contribution in [-0.4, -0.2) is 48.5 Å². The molecule has 0 atom stereocenters. The van der Waals surface area contributed by atoms with Crippen molar-refractivity contribution in [2.45, 2.75) is 57.5 Å². The van der Waals surface area contributed by atoms with Crippen molar-refractivity contribution in [1.82, 2.24) is 4.90 Å². The molecule has 0 bridgehead atoms. The molecule has 1 aliphatic carbocycles. The number of rotatable bonds is 1. The van der Waals surface area contributed by atoms with E-state index in [0.29, 0.717) is 55.4 Å². The van der Waals surface area contributed by atoms with Gasteiger partial charge < -0.3 is 18.8 Å². The SMILES string of the molecule is Cc1c(C(=O)N2CCOCC2)oc2ccc3c(c12)C(=O)CC1(CCCCCC1)O3. The Kier molecular flexibility index (Phi) is 4.62. The van der Waals surface area contributed by atoms with Gasteiger partial charge in [0.2, 0.25) is 0 Å². The molecule has 0 N–H and O–H groups in total. The van der Waals surface area contributed by atoms with Crippen LogP contribution in [0.2, 0.25) is 0 Å². The van der Waals surface area contributed by atoms with Crippen molar-refractivity contribution < 1.29 is 23.5 Å². The van der Waals surface area contributed by atoms with Crippen LogP contribution in [0.1, 0.15) is 71.4 Å². The zero-order valence-electron chi connectivity index (χ0n) is 16.9. The smallest absolute Gasteiger partial charge is 0.290 e. The maximum absolute atomic E-state index is 13.3. The molecule has 2 aliphatic heterocycles. The van der Waals surface area contributed by atoms with Gasteiger partial charge in [-0.2, -0.15) is 0 Å². The van der Waals surface area contributed by atoms with Gasteiger partial charge in [-0.15, -0.1) is 0 Å². The molecule has 3 heterocycles. The summed E-state index contributed by atoms with van der Waals surface area (Å²) in [6.07, 6.45) is 6.90. The first kappa shape index (κ1) is 18.7. The standard InChI is InChI=1S/C23H27NO5/c1-15-19-17(28-21(15)22(26)24-10-12-27-13-11-24)6-7-18-20(19)16(25)14-23(29-18)8-4-2-3-5-9-23/h6-7H,2-5,8-14H2,1H3. The van der Waals surface area contributed by atoms with Gasteiger partial charge in [0.05, 0.1) is 25.2 Å². The summed E-state index contributed by atoms with van der Waals surface area (Å²) in [4.78, 5) is 28.0. The predicted octanol–water partition coefficient (Wildman–Crippen LogP) is 4.27. The second-order valence-corrected chi connectivity index (χ2v) is 8.57. The molecule has 29 heavy (non-hydrogen) atoms. The topological polar surface area (TPSA) is 69.0 Å². The summed E-state index contributed by atoms with van der Waals surface area (Å²) in [6, 6.07) is 3.67. The summed E-state index contributed by atoms with van der Waals surface area (Å²) >= 11 is 0. The molecule has 2 aromatic rings. The fourth-order valence-electron chi connectivity index (χ4n) is 5.10. The molecule has 3 aliphatic rings. The lowest BCUT2D eigenvalue weighted by Crippen LogP contribution is -2.41. The first-order valence-electron chi connectivity index (χ1n) is 10.7. The van der Waals surface area contributed by atoms with Gasteiger partial charge in [0.1, 0.15) is 16.9 Å². The lowest BCUT2D eigenvalue weighted by atomic mass is 9.83. The molecule has 6 heteroatoms. The van der Waals surface area contributed by atoms with E-state index in [1.807, 2.05) is 19.1 Å². The summed E-state index contributed by atoms with van der Waals surface area (Å²) < 4.78 is 17.8. The highest BCUT2D eigenvalue weighted by molar-refractivity contribution is 6.13. The van der Waals surface area contributed by atoms with Crippen LogP contribution in [0.4, 0.5) is 0 Å². The van der Waals surface area contributed by atoms with Crippen LogP contribution in [0.15, 0.2) is 16.5 Å². The number of aryl methyl sites for hydroxylation is 1. The summed E-state index contributed by atoms with van der Waals surface area (Å²) in [5, 5.41) is 0.729. The molecule has 1 amide bonds. The van der Waals surface area contributed by atoms with E-state index in [2.05, 4.69) is 0 Å². The fourth-order valence-corrected chi connectivity index (χ4v) is 5.10. The molecular weight excluding hydrogens is 370 g/mol. The number of carbonyl (C=O) groups is 2. The van der Waals surface area contributed by atoms with E-state index in [1.54, 1.807) is 4.90 Å². The number of morpholine rings is 1. The molecule has 2 fully saturated rings. The van der Waals surface area contributed by atoms with Crippen molar-refractivity contribution >= 4 is 22.7 Å². The van der Waals surface area contributed by atoms with Crippen LogP contribution in [-0.2, 0) is 4.74 Å². The Labute approximate surface area is 170 Å². The Morgan fingerprint density at radius 2 is 1.79 bits per heavy atom. The molecular formula is C23H27NO5. The number of hydrogen-bond donors (Lipinski definition) is 0. The lowest BCUT2D eigenvalue weighted by molar-refractivity contribution is 0.0283. The highest BCUT2D eigenvalue weighted by atomic mass is 16.5. The molecule has 6 nitrogen and oxygen atoms in total. The summed E-state index contributed by atoms with van der Waals surface area (Å²) in [7, 11) is 0. The van der Waals surface area contributed by atoms with E-state index in [0.717, 1.165) is 36.6 Å². The number of Topliss-reactive ketones (excluding diaryl/α,β-unsaturated/α-hetero) is 1. The van der Waals surface area contributed by atoms with Crippen molar-refractivity contribution in [1.29, 1.82) is 0 Å². The summed E-state index contributed by atoms with van der Waals surface area (Å²) in [5.74, 6) is 0.927. The van der Waals surface area contributed by atoms with E-state index in [1.165, 1.54) is 12.8 Å². The van der Waals surface area contributed by atoms with Gasteiger partial charge in [0, 0.05) is 24.0 Å². The van der Waals surface area contributed by atoms with Crippen molar-refractivity contribution in [3.05, 3.63) is 29.0 Å². The van der Waals surface area contributed by atoms with Gasteiger partial charge in [-0.1, -0.05) is 12.8 Å². The number of fused-ring (bicyclic) bond motifs is 3. The van der Waals surface area contributed by atoms with E-state index in [9.17, 15) is 9.59 Å². The Morgan fingerprint density at radius 1 is 1.07 bits per heavy atom. The van der Waals surface area contributed by atoms with Crippen LogP contribution in [0.25, 0.3) is 11.0 Å². The lowest BCUT2D eigenvalue weighted by Gasteiger charge is -2.37. The molecule has 1 saturated carbocycles.